The number of fused-ring (bicyclic) bond motifs is 1. The van der Waals surface area contributed by atoms with Crippen LogP contribution in [0.3, 0.4) is 0 Å². The third kappa shape index (κ3) is 3.10. The molecule has 2 aromatic rings. The fourth-order valence-electron chi connectivity index (χ4n) is 2.95. The van der Waals surface area contributed by atoms with E-state index in [2.05, 4.69) is 11.9 Å². The number of aromatic hydroxyl groups is 1. The second kappa shape index (κ2) is 6.17. The zero-order chi connectivity index (χ0) is 21.1. The van der Waals surface area contributed by atoms with Crippen LogP contribution in [0.5, 0.6) is 5.75 Å². The number of benzene rings is 2. The van der Waals surface area contributed by atoms with Gasteiger partial charge in [0.15, 0.2) is 0 Å². The number of alkyl halides is 4. The van der Waals surface area contributed by atoms with Crippen LogP contribution in [0.15, 0.2) is 47.4 Å². The molecule has 150 valence electrons. The Hall–Kier alpha value is -2.66. The van der Waals surface area contributed by atoms with E-state index in [1.807, 2.05) is 0 Å². The molecule has 0 aromatic heterocycles. The predicted molar refractivity (Wildman–Crippen MR) is 91.2 cm³/mol. The maximum Gasteiger partial charge on any atom is 0.317 e. The molecule has 2 aromatic carbocycles. The lowest BCUT2D eigenvalue weighted by atomic mass is 9.72. The molecule has 0 bridgehead atoms. The van der Waals surface area contributed by atoms with E-state index in [4.69, 9.17) is 4.55 Å². The molecular weight excluding hydrogens is 406 g/mol. The van der Waals surface area contributed by atoms with Crippen molar-refractivity contribution in [3.63, 3.8) is 0 Å². The van der Waals surface area contributed by atoms with Gasteiger partial charge >= 0.3 is 11.8 Å². The van der Waals surface area contributed by atoms with Crippen molar-refractivity contribution in [1.29, 1.82) is 0 Å². The first-order valence-electron chi connectivity index (χ1n) is 7.75. The topological polar surface area (TPSA) is 104 Å². The molecular formula is C17H13F4NO5S. The van der Waals surface area contributed by atoms with E-state index in [-0.39, 0.29) is 16.5 Å². The third-order valence-corrected chi connectivity index (χ3v) is 5.42. The summed E-state index contributed by atoms with van der Waals surface area (Å²) in [5.41, 5.74) is -0.859. The summed E-state index contributed by atoms with van der Waals surface area (Å²) in [5.74, 6) is -12.4. The van der Waals surface area contributed by atoms with E-state index in [0.717, 1.165) is 12.1 Å². The number of carbonyl (C=O) groups excluding carboxylic acids is 1. The summed E-state index contributed by atoms with van der Waals surface area (Å²) >= 11 is 0. The van der Waals surface area contributed by atoms with Crippen LogP contribution in [0.1, 0.15) is 6.42 Å². The molecule has 0 aliphatic heterocycles. The van der Waals surface area contributed by atoms with Gasteiger partial charge in [-0.05, 0) is 12.1 Å². The molecule has 1 aliphatic carbocycles. The van der Waals surface area contributed by atoms with Crippen molar-refractivity contribution in [2.45, 2.75) is 23.2 Å². The average molecular weight is 419 g/mol. The first-order chi connectivity index (χ1) is 12.8. The number of hydrogen-bond donors (Lipinski definition) is 3. The standard InChI is InChI=1S/C17H13F4NO5S/c1-8(12-7-16(18,19)17(12,20)21)15(24)22-13-4-2-3-10-11(13)5-9(6-14(10)23)28(25,26)27/h2-6,12,23H,1,7H2,(H,22,24)(H,25,26,27). The molecule has 6 nitrogen and oxygen atoms in total. The normalized spacial score (nSPS) is 20.4. The lowest BCUT2D eigenvalue weighted by Gasteiger charge is -2.44. The van der Waals surface area contributed by atoms with Crippen molar-refractivity contribution >= 4 is 32.5 Å². The summed E-state index contributed by atoms with van der Waals surface area (Å²) < 4.78 is 84.8. The second-order valence-electron chi connectivity index (χ2n) is 6.38. The number of halogens is 4. The highest BCUT2D eigenvalue weighted by Gasteiger charge is 2.72. The maximum absolute atomic E-state index is 13.5. The summed E-state index contributed by atoms with van der Waals surface area (Å²) in [5, 5.41) is 12.2. The number of hydrogen-bond acceptors (Lipinski definition) is 4. The highest BCUT2D eigenvalue weighted by atomic mass is 32.2. The minimum Gasteiger partial charge on any atom is -0.507 e. The van der Waals surface area contributed by atoms with E-state index in [1.165, 1.54) is 18.2 Å². The van der Waals surface area contributed by atoms with E-state index in [1.54, 1.807) is 0 Å². The molecule has 0 heterocycles. The number of phenols is 1. The molecule has 1 unspecified atom stereocenters. The predicted octanol–water partition coefficient (Wildman–Crippen LogP) is 3.58. The Balaban J connectivity index is 1.95. The average Bonchev–Trinajstić information content (AvgIpc) is 2.58. The van der Waals surface area contributed by atoms with E-state index in [9.17, 15) is 35.9 Å². The molecule has 3 rings (SSSR count). The number of rotatable bonds is 4. The van der Waals surface area contributed by atoms with Gasteiger partial charge in [-0.25, -0.2) is 0 Å². The molecule has 1 fully saturated rings. The number of amides is 1. The van der Waals surface area contributed by atoms with Crippen molar-refractivity contribution in [3.05, 3.63) is 42.5 Å². The van der Waals surface area contributed by atoms with Gasteiger partial charge in [-0.3, -0.25) is 9.35 Å². The Kier molecular flexibility index (Phi) is 4.43. The van der Waals surface area contributed by atoms with Crippen LogP contribution in [0, 0.1) is 5.92 Å². The van der Waals surface area contributed by atoms with Crippen molar-refractivity contribution in [3.8, 4) is 5.75 Å². The smallest absolute Gasteiger partial charge is 0.317 e. The summed E-state index contributed by atoms with van der Waals surface area (Å²) in [7, 11) is -4.69. The lowest BCUT2D eigenvalue weighted by molar-refractivity contribution is -0.303. The molecule has 0 radical (unpaired) electrons. The zero-order valence-electron chi connectivity index (χ0n) is 13.9. The van der Waals surface area contributed by atoms with E-state index >= 15 is 0 Å². The van der Waals surface area contributed by atoms with Gasteiger partial charge in [0.2, 0.25) is 0 Å². The molecule has 1 atom stereocenters. The Bertz CT molecular complexity index is 1110. The highest BCUT2D eigenvalue weighted by Crippen LogP contribution is 2.57. The first kappa shape index (κ1) is 20.1. The van der Waals surface area contributed by atoms with Crippen LogP contribution in [-0.2, 0) is 14.9 Å². The SMILES string of the molecule is C=C(C(=O)Nc1cccc2c(O)cc(S(=O)(=O)O)cc12)C1CC(F)(F)C1(F)F. The van der Waals surface area contributed by atoms with Crippen LogP contribution in [0.4, 0.5) is 23.2 Å². The number of anilines is 1. The summed E-state index contributed by atoms with van der Waals surface area (Å²) in [6.45, 7) is 3.18. The quantitative estimate of drug-likeness (QED) is 0.399. The zero-order valence-corrected chi connectivity index (χ0v) is 14.7. The van der Waals surface area contributed by atoms with Gasteiger partial charge in [-0.15, -0.1) is 0 Å². The van der Waals surface area contributed by atoms with Crippen molar-refractivity contribution < 1.29 is 40.4 Å². The van der Waals surface area contributed by atoms with Crippen LogP contribution in [-0.4, -0.2) is 35.8 Å². The molecule has 0 saturated heterocycles. The minimum atomic E-state index is -4.69. The van der Waals surface area contributed by atoms with Gasteiger partial charge in [0.1, 0.15) is 5.75 Å². The summed E-state index contributed by atoms with van der Waals surface area (Å²) in [6.07, 6.45) is -1.23. The Labute approximate surface area is 156 Å². The van der Waals surface area contributed by atoms with Gasteiger partial charge in [0.05, 0.1) is 10.8 Å². The van der Waals surface area contributed by atoms with Crippen LogP contribution < -0.4 is 5.32 Å². The van der Waals surface area contributed by atoms with Gasteiger partial charge in [-0.1, -0.05) is 18.7 Å². The van der Waals surface area contributed by atoms with Crippen molar-refractivity contribution in [2.24, 2.45) is 5.92 Å². The van der Waals surface area contributed by atoms with Gasteiger partial charge in [0, 0.05) is 34.5 Å². The highest BCUT2D eigenvalue weighted by molar-refractivity contribution is 7.85. The van der Waals surface area contributed by atoms with Crippen LogP contribution >= 0.6 is 0 Å². The molecule has 1 amide bonds. The molecule has 0 spiro atoms. The van der Waals surface area contributed by atoms with E-state index < -0.39 is 56.4 Å². The largest absolute Gasteiger partial charge is 0.507 e. The first-order valence-corrected chi connectivity index (χ1v) is 9.19. The van der Waals surface area contributed by atoms with Crippen molar-refractivity contribution in [1.82, 2.24) is 0 Å². The Morgan fingerprint density at radius 2 is 1.82 bits per heavy atom. The molecule has 1 aliphatic rings. The van der Waals surface area contributed by atoms with Gasteiger partial charge in [-0.2, -0.15) is 26.0 Å². The third-order valence-electron chi connectivity index (χ3n) is 4.59. The molecule has 11 heteroatoms. The second-order valence-corrected chi connectivity index (χ2v) is 7.80. The molecule has 3 N–H and O–H groups in total. The summed E-state index contributed by atoms with van der Waals surface area (Å²) in [6, 6.07) is 5.77. The maximum atomic E-state index is 13.5. The number of phenolic OH excluding ortho intramolecular Hbond substituents is 1. The Morgan fingerprint density at radius 3 is 2.36 bits per heavy atom. The van der Waals surface area contributed by atoms with E-state index in [0.29, 0.717) is 0 Å². The molecule has 1 saturated carbocycles. The van der Waals surface area contributed by atoms with Gasteiger partial charge < -0.3 is 10.4 Å². The Morgan fingerprint density at radius 1 is 1.18 bits per heavy atom. The van der Waals surface area contributed by atoms with Crippen LogP contribution in [0.25, 0.3) is 10.8 Å². The minimum absolute atomic E-state index is 0.0259. The lowest BCUT2D eigenvalue weighted by Crippen LogP contribution is -2.60. The van der Waals surface area contributed by atoms with Crippen LogP contribution in [0.2, 0.25) is 0 Å². The molecule has 28 heavy (non-hydrogen) atoms. The summed E-state index contributed by atoms with van der Waals surface area (Å²) in [4.78, 5) is 11.6. The number of nitrogens with one attached hydrogen (secondary N) is 1. The monoisotopic (exact) mass is 419 g/mol. The van der Waals surface area contributed by atoms with Crippen molar-refractivity contribution in [2.75, 3.05) is 5.32 Å². The van der Waals surface area contributed by atoms with Gasteiger partial charge in [0.25, 0.3) is 16.0 Å². The fourth-order valence-corrected chi connectivity index (χ4v) is 3.47. The fraction of sp³-hybridized carbons (Fsp3) is 0.235. The number of carbonyl (C=O) groups is 1.